The molecule has 1 amide bonds. The molecule has 0 radical (unpaired) electrons. The smallest absolute Gasteiger partial charge is 0.411 e. The van der Waals surface area contributed by atoms with Crippen molar-refractivity contribution in [1.82, 2.24) is 4.90 Å². The number of amides is 1. The predicted molar refractivity (Wildman–Crippen MR) is 109 cm³/mol. The Labute approximate surface area is 173 Å². The average Bonchev–Trinajstić information content (AvgIpc) is 2.72. The molecule has 2 unspecified atom stereocenters. The molecule has 5 nitrogen and oxygen atoms in total. The topological polar surface area (TPSA) is 55.8 Å². The highest BCUT2D eigenvalue weighted by atomic mass is 79.9. The lowest BCUT2D eigenvalue weighted by Crippen LogP contribution is -2.50. The van der Waals surface area contributed by atoms with Crippen molar-refractivity contribution < 1.29 is 19.1 Å². The van der Waals surface area contributed by atoms with Gasteiger partial charge in [-0.15, -0.1) is 0 Å². The molecule has 2 aromatic carbocycles. The number of ether oxygens (including phenoxy) is 2. The molecule has 0 fully saturated rings. The third kappa shape index (κ3) is 4.44. The average molecular weight is 444 g/mol. The first-order chi connectivity index (χ1) is 13.5. The van der Waals surface area contributed by atoms with Crippen molar-refractivity contribution in [1.29, 1.82) is 0 Å². The number of benzene rings is 2. The van der Waals surface area contributed by atoms with Crippen LogP contribution in [0.4, 0.5) is 4.79 Å². The van der Waals surface area contributed by atoms with Crippen LogP contribution in [0.25, 0.3) is 0 Å². The van der Waals surface area contributed by atoms with Gasteiger partial charge in [-0.05, 0) is 29.2 Å². The number of rotatable bonds is 4. The van der Waals surface area contributed by atoms with Crippen LogP contribution in [0.15, 0.2) is 71.2 Å². The first kappa shape index (κ1) is 20.1. The molecule has 146 valence electrons. The largest absolute Gasteiger partial charge is 0.467 e. The number of carbonyl (C=O) groups excluding carboxylic acids is 2. The Morgan fingerprint density at radius 2 is 1.71 bits per heavy atom. The summed E-state index contributed by atoms with van der Waals surface area (Å²) in [5, 5.41) is 0. The summed E-state index contributed by atoms with van der Waals surface area (Å²) in [4.78, 5) is 26.9. The summed E-state index contributed by atoms with van der Waals surface area (Å²) in [6.07, 6.45) is 3.09. The van der Waals surface area contributed by atoms with E-state index in [1.165, 1.54) is 12.0 Å². The molecule has 1 aliphatic heterocycles. The number of esters is 1. The van der Waals surface area contributed by atoms with Gasteiger partial charge in [-0.3, -0.25) is 4.90 Å². The van der Waals surface area contributed by atoms with E-state index in [0.717, 1.165) is 15.6 Å². The lowest BCUT2D eigenvalue weighted by atomic mass is 9.88. The van der Waals surface area contributed by atoms with Crippen LogP contribution in [-0.4, -0.2) is 30.1 Å². The van der Waals surface area contributed by atoms with Crippen molar-refractivity contribution in [3.8, 4) is 0 Å². The molecular weight excluding hydrogens is 422 g/mol. The van der Waals surface area contributed by atoms with E-state index in [4.69, 9.17) is 9.47 Å². The summed E-state index contributed by atoms with van der Waals surface area (Å²) in [7, 11) is 1.32. The summed E-state index contributed by atoms with van der Waals surface area (Å²) in [5.41, 5.74) is 1.80. The fraction of sp³-hybridized carbons (Fsp3) is 0.273. The Morgan fingerprint density at radius 3 is 2.36 bits per heavy atom. The van der Waals surface area contributed by atoms with Gasteiger partial charge in [0.1, 0.15) is 6.61 Å². The number of methoxy groups -OCH3 is 1. The molecule has 0 bridgehead atoms. The maximum atomic E-state index is 13.1. The van der Waals surface area contributed by atoms with E-state index in [1.54, 1.807) is 6.08 Å². The monoisotopic (exact) mass is 443 g/mol. The van der Waals surface area contributed by atoms with Crippen LogP contribution >= 0.6 is 15.9 Å². The van der Waals surface area contributed by atoms with Crippen LogP contribution in [0.3, 0.4) is 0 Å². The number of halogens is 1. The van der Waals surface area contributed by atoms with Crippen LogP contribution in [-0.2, 0) is 20.9 Å². The fourth-order valence-electron chi connectivity index (χ4n) is 3.36. The van der Waals surface area contributed by atoms with Gasteiger partial charge in [-0.1, -0.05) is 77.5 Å². The molecule has 0 aliphatic carbocycles. The second kappa shape index (κ2) is 9.06. The van der Waals surface area contributed by atoms with Crippen molar-refractivity contribution >= 4 is 28.0 Å². The zero-order valence-corrected chi connectivity index (χ0v) is 17.3. The Balaban J connectivity index is 1.91. The minimum atomic E-state index is -0.835. The molecule has 3 atom stereocenters. The van der Waals surface area contributed by atoms with Gasteiger partial charge in [-0.25, -0.2) is 9.59 Å². The van der Waals surface area contributed by atoms with Gasteiger partial charge in [0, 0.05) is 4.47 Å². The van der Waals surface area contributed by atoms with Crippen molar-refractivity contribution in [2.75, 3.05) is 7.11 Å². The lowest BCUT2D eigenvalue weighted by Gasteiger charge is -2.40. The minimum absolute atomic E-state index is 0.00589. The number of carbonyl (C=O) groups is 2. The molecule has 0 N–H and O–H groups in total. The molecule has 3 rings (SSSR count). The molecule has 1 aliphatic rings. The third-order valence-corrected chi connectivity index (χ3v) is 5.29. The molecule has 28 heavy (non-hydrogen) atoms. The predicted octanol–water partition coefficient (Wildman–Crippen LogP) is 4.88. The summed E-state index contributed by atoms with van der Waals surface area (Å²) in [5.74, 6) is -0.492. The zero-order valence-electron chi connectivity index (χ0n) is 15.7. The first-order valence-electron chi connectivity index (χ1n) is 9.02. The number of nitrogens with zero attached hydrogens (tertiary/aromatic N) is 1. The van der Waals surface area contributed by atoms with E-state index in [-0.39, 0.29) is 18.6 Å². The molecule has 0 saturated heterocycles. The molecule has 2 aromatic rings. The maximum absolute atomic E-state index is 13.1. The standard InChI is InChI=1S/C22H22BrNO4/c1-15-8-13-19(21(25)27-2)24(20(15)17-9-11-18(23)12-10-17)22(26)28-14-16-6-4-3-5-7-16/h3-13,15,19-20H,14H2,1-2H3/t15-,19?,20?/m0/s1. The summed E-state index contributed by atoms with van der Waals surface area (Å²) >= 11 is 3.43. The van der Waals surface area contributed by atoms with Crippen LogP contribution in [0.5, 0.6) is 0 Å². The van der Waals surface area contributed by atoms with Crippen LogP contribution in [0, 0.1) is 5.92 Å². The molecule has 0 aromatic heterocycles. The Hall–Kier alpha value is -2.60. The van der Waals surface area contributed by atoms with Gasteiger partial charge < -0.3 is 9.47 Å². The maximum Gasteiger partial charge on any atom is 0.411 e. The second-order valence-electron chi connectivity index (χ2n) is 6.66. The van der Waals surface area contributed by atoms with E-state index in [0.29, 0.717) is 0 Å². The zero-order chi connectivity index (χ0) is 20.1. The molecule has 0 saturated carbocycles. The molecule has 1 heterocycles. The van der Waals surface area contributed by atoms with E-state index in [9.17, 15) is 9.59 Å². The quantitative estimate of drug-likeness (QED) is 0.499. The number of hydrogen-bond acceptors (Lipinski definition) is 4. The Kier molecular flexibility index (Phi) is 6.52. The SMILES string of the molecule is COC(=O)C1C=C[C@H](C)C(c2ccc(Br)cc2)N1C(=O)OCc1ccccc1. The number of hydrogen-bond donors (Lipinski definition) is 0. The van der Waals surface area contributed by atoms with Crippen molar-refractivity contribution in [2.45, 2.75) is 25.6 Å². The fourth-order valence-corrected chi connectivity index (χ4v) is 3.63. The normalized spacial score (nSPS) is 21.2. The molecular formula is C22H22BrNO4. The highest BCUT2D eigenvalue weighted by Gasteiger charge is 2.41. The minimum Gasteiger partial charge on any atom is -0.467 e. The second-order valence-corrected chi connectivity index (χ2v) is 7.57. The Bertz CT molecular complexity index is 851. The van der Waals surface area contributed by atoms with Crippen LogP contribution in [0.2, 0.25) is 0 Å². The van der Waals surface area contributed by atoms with Gasteiger partial charge in [0.15, 0.2) is 6.04 Å². The molecule has 6 heteroatoms. The lowest BCUT2D eigenvalue weighted by molar-refractivity contribution is -0.146. The molecule has 0 spiro atoms. The van der Waals surface area contributed by atoms with Crippen LogP contribution < -0.4 is 0 Å². The highest BCUT2D eigenvalue weighted by molar-refractivity contribution is 9.10. The highest BCUT2D eigenvalue weighted by Crippen LogP contribution is 2.36. The van der Waals surface area contributed by atoms with E-state index in [1.807, 2.05) is 67.6 Å². The van der Waals surface area contributed by atoms with Crippen molar-refractivity contribution in [3.05, 3.63) is 82.3 Å². The van der Waals surface area contributed by atoms with Crippen LogP contribution in [0.1, 0.15) is 24.1 Å². The van der Waals surface area contributed by atoms with E-state index < -0.39 is 18.1 Å². The van der Waals surface area contributed by atoms with Gasteiger partial charge in [0.25, 0.3) is 0 Å². The van der Waals surface area contributed by atoms with E-state index in [2.05, 4.69) is 15.9 Å². The van der Waals surface area contributed by atoms with Gasteiger partial charge >= 0.3 is 12.1 Å². The van der Waals surface area contributed by atoms with Crippen molar-refractivity contribution in [2.24, 2.45) is 5.92 Å². The van der Waals surface area contributed by atoms with Crippen molar-refractivity contribution in [3.63, 3.8) is 0 Å². The summed E-state index contributed by atoms with van der Waals surface area (Å²) in [6, 6.07) is 16.0. The summed E-state index contributed by atoms with van der Waals surface area (Å²) in [6.45, 7) is 2.14. The van der Waals surface area contributed by atoms with Gasteiger partial charge in [0.05, 0.1) is 13.2 Å². The summed E-state index contributed by atoms with van der Waals surface area (Å²) < 4.78 is 11.4. The van der Waals surface area contributed by atoms with E-state index >= 15 is 0 Å². The van der Waals surface area contributed by atoms with Gasteiger partial charge in [0.2, 0.25) is 0 Å². The third-order valence-electron chi connectivity index (χ3n) is 4.76. The first-order valence-corrected chi connectivity index (χ1v) is 9.81. The Morgan fingerprint density at radius 1 is 1.04 bits per heavy atom. The van der Waals surface area contributed by atoms with Gasteiger partial charge in [-0.2, -0.15) is 0 Å².